The average Bonchev–Trinajstić information content (AvgIpc) is 2.53. The predicted octanol–water partition coefficient (Wildman–Crippen LogP) is 3.18. The van der Waals surface area contributed by atoms with Gasteiger partial charge in [-0.05, 0) is 36.9 Å². The topological polar surface area (TPSA) is 60.9 Å². The van der Waals surface area contributed by atoms with Crippen LogP contribution in [0.4, 0.5) is 22.0 Å². The smallest absolute Gasteiger partial charge is 0.330 e. The normalized spacial score (nSPS) is 11.9. The lowest BCUT2D eigenvalue weighted by Gasteiger charge is -2.15. The van der Waals surface area contributed by atoms with E-state index in [1.165, 1.54) is 12.1 Å². The van der Waals surface area contributed by atoms with E-state index in [2.05, 4.69) is 4.98 Å². The highest BCUT2D eigenvalue weighted by Gasteiger charge is 2.32. The summed E-state index contributed by atoms with van der Waals surface area (Å²) >= 11 is 0. The van der Waals surface area contributed by atoms with Crippen LogP contribution in [0, 0.1) is 11.6 Å². The van der Waals surface area contributed by atoms with Gasteiger partial charge in [-0.15, -0.1) is 0 Å². The Morgan fingerprint density at radius 2 is 1.85 bits per heavy atom. The van der Waals surface area contributed by atoms with Crippen LogP contribution in [-0.4, -0.2) is 16.1 Å². The molecule has 1 aromatic heterocycles. The monoisotopic (exact) mass is 369 g/mol. The number of aromatic nitrogens is 2. The first-order valence-electron chi connectivity index (χ1n) is 7.50. The van der Waals surface area contributed by atoms with Crippen LogP contribution >= 0.6 is 0 Å². The Balaban J connectivity index is 2.39. The van der Waals surface area contributed by atoms with Crippen LogP contribution in [0.15, 0.2) is 41.2 Å². The Hall–Kier alpha value is -2.81. The molecule has 136 valence electrons. The van der Waals surface area contributed by atoms with Gasteiger partial charge in [0, 0.05) is 6.42 Å². The molecule has 0 fully saturated rings. The summed E-state index contributed by atoms with van der Waals surface area (Å²) in [5, 5.41) is -0.397. The van der Waals surface area contributed by atoms with E-state index in [4.69, 9.17) is 5.73 Å². The van der Waals surface area contributed by atoms with E-state index in [-0.39, 0.29) is 24.3 Å². The number of alkyl halides is 3. The summed E-state index contributed by atoms with van der Waals surface area (Å²) in [6.45, 7) is 0.0364. The lowest BCUT2D eigenvalue weighted by atomic mass is 10.1. The summed E-state index contributed by atoms with van der Waals surface area (Å²) in [6.07, 6.45) is -4.79. The third kappa shape index (κ3) is 3.17. The zero-order chi connectivity index (χ0) is 19.1. The van der Waals surface area contributed by atoms with Gasteiger partial charge in [0.1, 0.15) is 22.8 Å². The number of nitrogens with two attached hydrogens (primary N) is 1. The minimum absolute atomic E-state index is 0.00863. The van der Waals surface area contributed by atoms with Crippen molar-refractivity contribution in [1.29, 1.82) is 0 Å². The van der Waals surface area contributed by atoms with Crippen LogP contribution in [0.3, 0.4) is 0 Å². The highest BCUT2D eigenvalue weighted by atomic mass is 19.4. The van der Waals surface area contributed by atoms with Crippen LogP contribution in [-0.2, 0) is 12.6 Å². The molecule has 26 heavy (non-hydrogen) atoms. The standard InChI is InChI=1S/C17H12F5N3O/c18-10-6-9(17(20,21)22)7-11(8-10)25-14(4-5-23)24-13-3-1-2-12(19)15(13)16(25)26/h1-3,6-8H,4-5,23H2. The molecule has 0 unspecified atom stereocenters. The van der Waals surface area contributed by atoms with Crippen molar-refractivity contribution in [2.45, 2.75) is 12.6 Å². The van der Waals surface area contributed by atoms with Gasteiger partial charge in [0.2, 0.25) is 0 Å². The highest BCUT2D eigenvalue weighted by molar-refractivity contribution is 5.78. The van der Waals surface area contributed by atoms with Crippen molar-refractivity contribution in [2.75, 3.05) is 6.54 Å². The second-order valence-electron chi connectivity index (χ2n) is 5.54. The first-order valence-corrected chi connectivity index (χ1v) is 7.50. The van der Waals surface area contributed by atoms with Crippen LogP contribution < -0.4 is 11.3 Å². The molecule has 0 aliphatic carbocycles. The van der Waals surface area contributed by atoms with Crippen LogP contribution in [0.25, 0.3) is 16.6 Å². The van der Waals surface area contributed by atoms with Gasteiger partial charge in [-0.25, -0.2) is 13.8 Å². The average molecular weight is 369 g/mol. The second kappa shape index (κ2) is 6.49. The van der Waals surface area contributed by atoms with E-state index >= 15 is 0 Å². The zero-order valence-electron chi connectivity index (χ0n) is 13.1. The molecular weight excluding hydrogens is 357 g/mol. The fourth-order valence-electron chi connectivity index (χ4n) is 2.67. The lowest BCUT2D eigenvalue weighted by molar-refractivity contribution is -0.137. The Kier molecular flexibility index (Phi) is 4.49. The number of rotatable bonds is 3. The molecule has 0 bridgehead atoms. The van der Waals surface area contributed by atoms with Gasteiger partial charge in [-0.1, -0.05) is 6.07 Å². The molecule has 2 aromatic carbocycles. The number of benzene rings is 2. The SMILES string of the molecule is NCCc1nc2cccc(F)c2c(=O)n1-c1cc(F)cc(C(F)(F)F)c1. The van der Waals surface area contributed by atoms with Gasteiger partial charge < -0.3 is 5.73 Å². The largest absolute Gasteiger partial charge is 0.416 e. The van der Waals surface area contributed by atoms with Gasteiger partial charge in [-0.3, -0.25) is 9.36 Å². The minimum Gasteiger partial charge on any atom is -0.330 e. The number of halogens is 5. The molecule has 0 spiro atoms. The molecule has 9 heteroatoms. The number of fused-ring (bicyclic) bond motifs is 1. The number of hydrogen-bond acceptors (Lipinski definition) is 3. The van der Waals surface area contributed by atoms with Crippen LogP contribution in [0.1, 0.15) is 11.4 Å². The second-order valence-corrected chi connectivity index (χ2v) is 5.54. The molecule has 0 aliphatic heterocycles. The number of hydrogen-bond donors (Lipinski definition) is 1. The molecule has 0 amide bonds. The van der Waals surface area contributed by atoms with E-state index in [9.17, 15) is 26.7 Å². The maximum Gasteiger partial charge on any atom is 0.416 e. The Labute approximate surface area is 143 Å². The van der Waals surface area contributed by atoms with Crippen molar-refractivity contribution < 1.29 is 22.0 Å². The van der Waals surface area contributed by atoms with Crippen LogP contribution in [0.5, 0.6) is 0 Å². The van der Waals surface area contributed by atoms with Crippen molar-refractivity contribution in [3.63, 3.8) is 0 Å². The fourth-order valence-corrected chi connectivity index (χ4v) is 2.67. The molecule has 0 aliphatic rings. The van der Waals surface area contributed by atoms with Gasteiger partial charge in [0.05, 0.1) is 16.8 Å². The third-order valence-electron chi connectivity index (χ3n) is 3.75. The van der Waals surface area contributed by atoms with Gasteiger partial charge in [-0.2, -0.15) is 13.2 Å². The Bertz CT molecular complexity index is 1040. The van der Waals surface area contributed by atoms with E-state index in [0.29, 0.717) is 12.1 Å². The maximum atomic E-state index is 14.1. The van der Waals surface area contributed by atoms with Crippen molar-refractivity contribution in [3.8, 4) is 5.69 Å². The maximum absolute atomic E-state index is 14.1. The zero-order valence-corrected chi connectivity index (χ0v) is 13.1. The lowest BCUT2D eigenvalue weighted by Crippen LogP contribution is -2.26. The molecule has 2 N–H and O–H groups in total. The summed E-state index contributed by atoms with van der Waals surface area (Å²) in [6, 6.07) is 5.46. The van der Waals surface area contributed by atoms with Crippen molar-refractivity contribution in [1.82, 2.24) is 9.55 Å². The Morgan fingerprint density at radius 1 is 1.12 bits per heavy atom. The third-order valence-corrected chi connectivity index (χ3v) is 3.75. The van der Waals surface area contributed by atoms with Gasteiger partial charge in [0.25, 0.3) is 5.56 Å². The summed E-state index contributed by atoms with van der Waals surface area (Å²) in [7, 11) is 0. The van der Waals surface area contributed by atoms with Crippen molar-refractivity contribution >= 4 is 10.9 Å². The van der Waals surface area contributed by atoms with Gasteiger partial charge in [0.15, 0.2) is 0 Å². The molecule has 0 saturated heterocycles. The molecular formula is C17H12F5N3O. The van der Waals surface area contributed by atoms with E-state index in [1.54, 1.807) is 0 Å². The van der Waals surface area contributed by atoms with Gasteiger partial charge >= 0.3 is 6.18 Å². The molecule has 0 radical (unpaired) electrons. The molecule has 3 rings (SSSR count). The van der Waals surface area contributed by atoms with E-state index in [1.807, 2.05) is 0 Å². The molecule has 0 saturated carbocycles. The molecule has 1 heterocycles. The summed E-state index contributed by atoms with van der Waals surface area (Å²) in [5.41, 5.74) is 2.91. The molecule has 0 atom stereocenters. The molecule has 4 nitrogen and oxygen atoms in total. The quantitative estimate of drug-likeness (QED) is 0.722. The summed E-state index contributed by atoms with van der Waals surface area (Å²) < 4.78 is 67.5. The Morgan fingerprint density at radius 3 is 2.50 bits per heavy atom. The first-order chi connectivity index (χ1) is 12.2. The predicted molar refractivity (Wildman–Crippen MR) is 85.0 cm³/mol. The minimum atomic E-state index is -4.82. The molecule has 3 aromatic rings. The van der Waals surface area contributed by atoms with E-state index in [0.717, 1.165) is 16.7 Å². The fraction of sp³-hybridized carbons (Fsp3) is 0.176. The van der Waals surface area contributed by atoms with Crippen molar-refractivity contribution in [3.05, 3.63) is 69.8 Å². The summed E-state index contributed by atoms with van der Waals surface area (Å²) in [5.74, 6) is -2.05. The number of nitrogens with zero attached hydrogens (tertiary/aromatic N) is 2. The first kappa shape index (κ1) is 18.0. The summed E-state index contributed by atoms with van der Waals surface area (Å²) in [4.78, 5) is 16.9. The highest BCUT2D eigenvalue weighted by Crippen LogP contribution is 2.31. The van der Waals surface area contributed by atoms with Crippen LogP contribution in [0.2, 0.25) is 0 Å². The van der Waals surface area contributed by atoms with E-state index < -0.39 is 40.0 Å². The van der Waals surface area contributed by atoms with Crippen molar-refractivity contribution in [2.24, 2.45) is 5.73 Å².